The lowest BCUT2D eigenvalue weighted by atomic mass is 10.0. The number of rotatable bonds is 4. The Balaban J connectivity index is 1.95. The van der Waals surface area contributed by atoms with E-state index in [1.165, 1.54) is 0 Å². The number of benzene rings is 1. The van der Waals surface area contributed by atoms with Crippen molar-refractivity contribution < 1.29 is 9.63 Å². The van der Waals surface area contributed by atoms with Gasteiger partial charge in [0.05, 0.1) is 6.07 Å². The van der Waals surface area contributed by atoms with Crippen molar-refractivity contribution in [3.8, 4) is 6.07 Å². The van der Waals surface area contributed by atoms with Gasteiger partial charge in [0.15, 0.2) is 6.10 Å². The molecule has 2 rings (SSSR count). The first-order chi connectivity index (χ1) is 9.24. The molecule has 0 aliphatic carbocycles. The Morgan fingerprint density at radius 2 is 2.32 bits per heavy atom. The van der Waals surface area contributed by atoms with Crippen molar-refractivity contribution in [3.05, 3.63) is 35.9 Å². The van der Waals surface area contributed by atoms with Gasteiger partial charge in [0, 0.05) is 6.42 Å². The third-order valence-corrected chi connectivity index (χ3v) is 2.97. The highest BCUT2D eigenvalue weighted by atomic mass is 16.6. The predicted octanol–water partition coefficient (Wildman–Crippen LogP) is 1.92. The minimum atomic E-state index is -0.481. The van der Waals surface area contributed by atoms with E-state index in [0.29, 0.717) is 18.6 Å². The maximum atomic E-state index is 11.9. The number of nitrogens with one attached hydrogen (secondary N) is 1. The Kier molecular flexibility index (Phi) is 4.14. The van der Waals surface area contributed by atoms with Crippen LogP contribution in [0.1, 0.15) is 31.4 Å². The standard InChI is InChI=1S/C14H15N3O2/c1-2-11(9-15)16-14(18)12-8-13(19-17-12)10-6-4-3-5-7-10/h3-7,11,13H,2,8H2,1H3,(H,16,18)/t11-,13+/m0/s1. The highest BCUT2D eigenvalue weighted by Crippen LogP contribution is 2.26. The molecule has 1 amide bonds. The smallest absolute Gasteiger partial charge is 0.270 e. The zero-order chi connectivity index (χ0) is 13.7. The molecular weight excluding hydrogens is 242 g/mol. The number of hydrogen-bond acceptors (Lipinski definition) is 4. The molecule has 0 saturated heterocycles. The van der Waals surface area contributed by atoms with E-state index in [-0.39, 0.29) is 12.0 Å². The zero-order valence-electron chi connectivity index (χ0n) is 10.7. The molecule has 0 unspecified atom stereocenters. The summed E-state index contributed by atoms with van der Waals surface area (Å²) in [5, 5.41) is 15.2. The normalized spacial score (nSPS) is 18.9. The van der Waals surface area contributed by atoms with Gasteiger partial charge in [-0.05, 0) is 12.0 Å². The van der Waals surface area contributed by atoms with E-state index < -0.39 is 6.04 Å². The van der Waals surface area contributed by atoms with Crippen LogP contribution in [0.5, 0.6) is 0 Å². The Morgan fingerprint density at radius 1 is 1.58 bits per heavy atom. The van der Waals surface area contributed by atoms with Crippen LogP contribution in [0.2, 0.25) is 0 Å². The molecule has 0 fully saturated rings. The molecule has 1 aromatic carbocycles. The van der Waals surface area contributed by atoms with E-state index in [1.807, 2.05) is 43.3 Å². The molecule has 5 heteroatoms. The molecule has 1 N–H and O–H groups in total. The SMILES string of the molecule is CC[C@@H](C#N)NC(=O)C1=NO[C@@H](c2ccccc2)C1. The number of nitriles is 1. The lowest BCUT2D eigenvalue weighted by Crippen LogP contribution is -2.37. The monoisotopic (exact) mass is 257 g/mol. The first-order valence-corrected chi connectivity index (χ1v) is 6.22. The molecule has 1 aromatic rings. The molecule has 0 bridgehead atoms. The molecule has 0 spiro atoms. The predicted molar refractivity (Wildman–Crippen MR) is 70.2 cm³/mol. The van der Waals surface area contributed by atoms with Crippen LogP contribution < -0.4 is 5.32 Å². The third kappa shape index (κ3) is 3.10. The summed E-state index contributed by atoms with van der Waals surface area (Å²) in [6, 6.07) is 11.2. The van der Waals surface area contributed by atoms with Crippen molar-refractivity contribution in [1.82, 2.24) is 5.32 Å². The minimum absolute atomic E-state index is 0.218. The first kappa shape index (κ1) is 13.1. The summed E-state index contributed by atoms with van der Waals surface area (Å²) in [5.41, 5.74) is 1.32. The molecule has 19 heavy (non-hydrogen) atoms. The lowest BCUT2D eigenvalue weighted by Gasteiger charge is -2.09. The summed E-state index contributed by atoms with van der Waals surface area (Å²) >= 11 is 0. The highest BCUT2D eigenvalue weighted by Gasteiger charge is 2.28. The summed E-state index contributed by atoms with van der Waals surface area (Å²) < 4.78 is 0. The average Bonchev–Trinajstić information content (AvgIpc) is 2.95. The fraction of sp³-hybridized carbons (Fsp3) is 0.357. The van der Waals surface area contributed by atoms with Crippen LogP contribution in [0, 0.1) is 11.3 Å². The van der Waals surface area contributed by atoms with Crippen LogP contribution in [-0.4, -0.2) is 17.7 Å². The summed E-state index contributed by atoms with van der Waals surface area (Å²) in [5.74, 6) is -0.327. The maximum absolute atomic E-state index is 11.9. The Hall–Kier alpha value is -2.35. The van der Waals surface area contributed by atoms with Gasteiger partial charge in [-0.3, -0.25) is 4.79 Å². The van der Waals surface area contributed by atoms with E-state index in [2.05, 4.69) is 10.5 Å². The second-order valence-electron chi connectivity index (χ2n) is 4.31. The molecule has 0 aromatic heterocycles. The number of carbonyl (C=O) groups is 1. The average molecular weight is 257 g/mol. The van der Waals surface area contributed by atoms with Gasteiger partial charge in [0.25, 0.3) is 5.91 Å². The highest BCUT2D eigenvalue weighted by molar-refractivity contribution is 6.39. The number of hydrogen-bond donors (Lipinski definition) is 1. The number of oxime groups is 1. The molecular formula is C14H15N3O2. The minimum Gasteiger partial charge on any atom is -0.387 e. The molecule has 98 valence electrons. The first-order valence-electron chi connectivity index (χ1n) is 6.22. The van der Waals surface area contributed by atoms with Gasteiger partial charge < -0.3 is 10.2 Å². The van der Waals surface area contributed by atoms with Crippen molar-refractivity contribution in [2.24, 2.45) is 5.16 Å². The molecule has 0 saturated carbocycles. The lowest BCUT2D eigenvalue weighted by molar-refractivity contribution is -0.115. The van der Waals surface area contributed by atoms with Crippen molar-refractivity contribution in [3.63, 3.8) is 0 Å². The number of nitrogens with zero attached hydrogens (tertiary/aromatic N) is 2. The second kappa shape index (κ2) is 6.01. The van der Waals surface area contributed by atoms with Gasteiger partial charge in [-0.2, -0.15) is 5.26 Å². The molecule has 0 radical (unpaired) electrons. The van der Waals surface area contributed by atoms with Crippen LogP contribution in [0.15, 0.2) is 35.5 Å². The van der Waals surface area contributed by atoms with Crippen LogP contribution in [0.4, 0.5) is 0 Å². The van der Waals surface area contributed by atoms with E-state index >= 15 is 0 Å². The van der Waals surface area contributed by atoms with Crippen LogP contribution >= 0.6 is 0 Å². The summed E-state index contributed by atoms with van der Waals surface area (Å²) in [7, 11) is 0. The summed E-state index contributed by atoms with van der Waals surface area (Å²) in [4.78, 5) is 17.1. The number of carbonyl (C=O) groups excluding carboxylic acids is 1. The van der Waals surface area contributed by atoms with E-state index in [1.54, 1.807) is 0 Å². The summed E-state index contributed by atoms with van der Waals surface area (Å²) in [6.07, 6.45) is 0.778. The van der Waals surface area contributed by atoms with Crippen LogP contribution in [-0.2, 0) is 9.63 Å². The molecule has 1 aliphatic heterocycles. The quantitative estimate of drug-likeness (QED) is 0.895. The van der Waals surface area contributed by atoms with Crippen LogP contribution in [0.3, 0.4) is 0 Å². The third-order valence-electron chi connectivity index (χ3n) is 2.97. The Morgan fingerprint density at radius 3 is 2.95 bits per heavy atom. The van der Waals surface area contributed by atoms with Gasteiger partial charge in [0.2, 0.25) is 0 Å². The van der Waals surface area contributed by atoms with Gasteiger partial charge in [-0.25, -0.2) is 0 Å². The summed E-state index contributed by atoms with van der Waals surface area (Å²) in [6.45, 7) is 1.84. The fourth-order valence-electron chi connectivity index (χ4n) is 1.83. The van der Waals surface area contributed by atoms with E-state index in [9.17, 15) is 4.79 Å². The van der Waals surface area contributed by atoms with Gasteiger partial charge in [0.1, 0.15) is 11.8 Å². The van der Waals surface area contributed by atoms with Gasteiger partial charge in [-0.1, -0.05) is 42.4 Å². The Bertz CT molecular complexity index is 519. The van der Waals surface area contributed by atoms with Crippen LogP contribution in [0.25, 0.3) is 0 Å². The van der Waals surface area contributed by atoms with Crippen molar-refractivity contribution in [2.75, 3.05) is 0 Å². The number of amides is 1. The van der Waals surface area contributed by atoms with Gasteiger partial charge in [-0.15, -0.1) is 0 Å². The zero-order valence-corrected chi connectivity index (χ0v) is 10.7. The van der Waals surface area contributed by atoms with E-state index in [4.69, 9.17) is 10.1 Å². The molecule has 2 atom stereocenters. The van der Waals surface area contributed by atoms with E-state index in [0.717, 1.165) is 5.56 Å². The maximum Gasteiger partial charge on any atom is 0.270 e. The Labute approximate surface area is 111 Å². The van der Waals surface area contributed by atoms with Crippen molar-refractivity contribution in [1.29, 1.82) is 5.26 Å². The van der Waals surface area contributed by atoms with Gasteiger partial charge >= 0.3 is 0 Å². The second-order valence-corrected chi connectivity index (χ2v) is 4.31. The fourth-order valence-corrected chi connectivity index (χ4v) is 1.83. The van der Waals surface area contributed by atoms with Crippen molar-refractivity contribution in [2.45, 2.75) is 31.9 Å². The van der Waals surface area contributed by atoms with Crippen molar-refractivity contribution >= 4 is 11.6 Å². The molecule has 1 aliphatic rings. The molecule has 1 heterocycles. The molecule has 5 nitrogen and oxygen atoms in total. The topological polar surface area (TPSA) is 74.5 Å². The largest absolute Gasteiger partial charge is 0.387 e.